The fourth-order valence-electron chi connectivity index (χ4n) is 3.88. The average molecular weight is 428 g/mol. The van der Waals surface area contributed by atoms with Crippen LogP contribution in [0.5, 0.6) is 0 Å². The molecule has 166 valence electrons. The fraction of sp³-hybridized carbons (Fsp3) is 0.476. The molecule has 1 unspecified atom stereocenters. The number of benzene rings is 1. The van der Waals surface area contributed by atoms with Gasteiger partial charge in [0.1, 0.15) is 24.6 Å². The second-order valence-electron chi connectivity index (χ2n) is 7.47. The molecule has 1 aliphatic heterocycles. The monoisotopic (exact) mass is 428 g/mol. The highest BCUT2D eigenvalue weighted by molar-refractivity contribution is 5.82. The summed E-state index contributed by atoms with van der Waals surface area (Å²) in [5.41, 5.74) is 3.28. The zero-order valence-electron chi connectivity index (χ0n) is 17.6. The van der Waals surface area contributed by atoms with Gasteiger partial charge in [-0.25, -0.2) is 15.0 Å². The van der Waals surface area contributed by atoms with Gasteiger partial charge in [-0.1, -0.05) is 12.1 Å². The highest BCUT2D eigenvalue weighted by Gasteiger charge is 2.44. The summed E-state index contributed by atoms with van der Waals surface area (Å²) >= 11 is 0. The maximum absolute atomic E-state index is 10.3. The number of hydrogen-bond donors (Lipinski definition) is 4. The Bertz CT molecular complexity index is 1010. The van der Waals surface area contributed by atoms with Gasteiger partial charge in [0.2, 0.25) is 0 Å². The van der Waals surface area contributed by atoms with Crippen LogP contribution in [-0.4, -0.2) is 72.8 Å². The molecule has 4 N–H and O–H groups in total. The van der Waals surface area contributed by atoms with Crippen LogP contribution in [0.2, 0.25) is 0 Å². The van der Waals surface area contributed by atoms with Gasteiger partial charge in [0.15, 0.2) is 23.2 Å². The van der Waals surface area contributed by atoms with Gasteiger partial charge in [-0.3, -0.25) is 4.57 Å². The Hall–Kier alpha value is -2.79. The van der Waals surface area contributed by atoms with Crippen molar-refractivity contribution in [1.82, 2.24) is 19.5 Å². The zero-order chi connectivity index (χ0) is 22.0. The first-order valence-electron chi connectivity index (χ1n) is 10.4. The molecule has 0 aliphatic carbocycles. The molecule has 1 aromatic carbocycles. The largest absolute Gasteiger partial charge is 0.394 e. The smallest absolute Gasteiger partial charge is 0.167 e. The van der Waals surface area contributed by atoms with E-state index >= 15 is 0 Å². The topological polar surface area (TPSA) is 129 Å². The van der Waals surface area contributed by atoms with E-state index in [4.69, 9.17) is 4.74 Å². The van der Waals surface area contributed by atoms with Crippen molar-refractivity contribution in [3.8, 4) is 0 Å². The van der Waals surface area contributed by atoms with E-state index in [1.54, 1.807) is 4.57 Å². The van der Waals surface area contributed by atoms with E-state index in [1.807, 2.05) is 0 Å². The number of aromatic nitrogens is 4. The van der Waals surface area contributed by atoms with Crippen LogP contribution in [0.4, 0.5) is 11.5 Å². The third-order valence-corrected chi connectivity index (χ3v) is 5.67. The van der Waals surface area contributed by atoms with Crippen molar-refractivity contribution in [2.75, 3.05) is 29.9 Å². The van der Waals surface area contributed by atoms with Crippen molar-refractivity contribution in [2.24, 2.45) is 0 Å². The molecule has 3 heterocycles. The van der Waals surface area contributed by atoms with Crippen LogP contribution < -0.4 is 10.2 Å². The van der Waals surface area contributed by atoms with E-state index in [0.717, 1.165) is 18.7 Å². The van der Waals surface area contributed by atoms with Crippen LogP contribution in [0.3, 0.4) is 0 Å². The molecule has 2 aromatic heterocycles. The molecule has 0 spiro atoms. The van der Waals surface area contributed by atoms with Gasteiger partial charge in [0.05, 0.1) is 12.9 Å². The molecular formula is C21H28N6O4. The van der Waals surface area contributed by atoms with E-state index in [9.17, 15) is 15.3 Å². The minimum atomic E-state index is -1.20. The van der Waals surface area contributed by atoms with E-state index in [1.165, 1.54) is 18.3 Å². The maximum atomic E-state index is 10.3. The Labute approximate surface area is 180 Å². The number of fused-ring (bicyclic) bond motifs is 1. The lowest BCUT2D eigenvalue weighted by atomic mass is 10.1. The first kappa shape index (κ1) is 21.4. The highest BCUT2D eigenvalue weighted by atomic mass is 16.6. The van der Waals surface area contributed by atoms with Gasteiger partial charge in [-0.2, -0.15) is 0 Å². The molecule has 1 aliphatic rings. The fourth-order valence-corrected chi connectivity index (χ4v) is 3.88. The molecule has 0 amide bonds. The summed E-state index contributed by atoms with van der Waals surface area (Å²) in [6.45, 7) is 6.37. The molecule has 10 heteroatoms. The lowest BCUT2D eigenvalue weighted by Crippen LogP contribution is -2.33. The number of nitrogens with zero attached hydrogens (tertiary/aromatic N) is 5. The molecule has 1 fully saturated rings. The Morgan fingerprint density at radius 3 is 2.45 bits per heavy atom. The predicted molar refractivity (Wildman–Crippen MR) is 116 cm³/mol. The number of ether oxygens (including phenoxy) is 1. The van der Waals surface area contributed by atoms with Gasteiger partial charge in [0, 0.05) is 25.3 Å². The van der Waals surface area contributed by atoms with E-state index in [0.29, 0.717) is 23.5 Å². The SMILES string of the molecule is CCN(CC)c1ccc(CNc2ncnc3c2ncn3C2O[C@H](CO)[C@@H](O)[C@H]2O)cc1. The molecule has 1 saturated heterocycles. The summed E-state index contributed by atoms with van der Waals surface area (Å²) in [5, 5.41) is 33.0. The molecule has 0 radical (unpaired) electrons. The Morgan fingerprint density at radius 2 is 1.81 bits per heavy atom. The van der Waals surface area contributed by atoms with Crippen LogP contribution in [0.25, 0.3) is 11.2 Å². The van der Waals surface area contributed by atoms with Gasteiger partial charge >= 0.3 is 0 Å². The normalized spacial score (nSPS) is 23.4. The Balaban J connectivity index is 1.51. The summed E-state index contributed by atoms with van der Waals surface area (Å²) in [7, 11) is 0. The number of rotatable bonds is 8. The minimum Gasteiger partial charge on any atom is -0.394 e. The van der Waals surface area contributed by atoms with Gasteiger partial charge in [0.25, 0.3) is 0 Å². The zero-order valence-corrected chi connectivity index (χ0v) is 17.6. The number of imidazole rings is 1. The second-order valence-corrected chi connectivity index (χ2v) is 7.47. The highest BCUT2D eigenvalue weighted by Crippen LogP contribution is 2.32. The van der Waals surface area contributed by atoms with Crippen molar-refractivity contribution in [3.63, 3.8) is 0 Å². The molecule has 31 heavy (non-hydrogen) atoms. The van der Waals surface area contributed by atoms with Crippen LogP contribution in [-0.2, 0) is 11.3 Å². The lowest BCUT2D eigenvalue weighted by molar-refractivity contribution is -0.0511. The predicted octanol–water partition coefficient (Wildman–Crippen LogP) is 0.896. The van der Waals surface area contributed by atoms with Crippen LogP contribution >= 0.6 is 0 Å². The van der Waals surface area contributed by atoms with Crippen LogP contribution in [0.1, 0.15) is 25.6 Å². The lowest BCUT2D eigenvalue weighted by Gasteiger charge is -2.21. The molecule has 10 nitrogen and oxygen atoms in total. The number of hydrogen-bond acceptors (Lipinski definition) is 9. The average Bonchev–Trinajstić information content (AvgIpc) is 3.35. The van der Waals surface area contributed by atoms with E-state index < -0.39 is 31.1 Å². The quantitative estimate of drug-likeness (QED) is 0.413. The van der Waals surface area contributed by atoms with Crippen molar-refractivity contribution < 1.29 is 20.1 Å². The summed E-state index contributed by atoms with van der Waals surface area (Å²) in [4.78, 5) is 15.2. The first-order valence-corrected chi connectivity index (χ1v) is 10.4. The van der Waals surface area contributed by atoms with Crippen molar-refractivity contribution in [2.45, 2.75) is 44.9 Å². The van der Waals surface area contributed by atoms with Gasteiger partial charge < -0.3 is 30.3 Å². The molecule has 4 rings (SSSR count). The number of aliphatic hydroxyl groups excluding tert-OH is 3. The molecule has 4 atom stereocenters. The van der Waals surface area contributed by atoms with Gasteiger partial charge in [-0.15, -0.1) is 0 Å². The van der Waals surface area contributed by atoms with Crippen LogP contribution in [0, 0.1) is 0 Å². The number of aliphatic hydroxyl groups is 3. The third-order valence-electron chi connectivity index (χ3n) is 5.67. The van der Waals surface area contributed by atoms with Crippen molar-refractivity contribution in [1.29, 1.82) is 0 Å². The molecule has 0 saturated carbocycles. The molecule has 0 bridgehead atoms. The van der Waals surface area contributed by atoms with E-state index in [-0.39, 0.29) is 0 Å². The minimum absolute atomic E-state index is 0.393. The van der Waals surface area contributed by atoms with Gasteiger partial charge in [-0.05, 0) is 31.5 Å². The summed E-state index contributed by atoms with van der Waals surface area (Å²) in [6, 6.07) is 8.37. The number of anilines is 2. The molecule has 3 aromatic rings. The Kier molecular flexibility index (Phi) is 6.33. The molecular weight excluding hydrogens is 400 g/mol. The summed E-state index contributed by atoms with van der Waals surface area (Å²) in [5.74, 6) is 0.559. The van der Waals surface area contributed by atoms with Crippen molar-refractivity contribution in [3.05, 3.63) is 42.5 Å². The standard InChI is InChI=1S/C21H28N6O4/c1-3-26(4-2)14-7-5-13(6-8-14)9-22-19-16-20(24-11-23-19)27(12-25-16)21-18(30)17(29)15(10-28)31-21/h5-8,11-12,15,17-18,21,28-30H,3-4,9-10H2,1-2H3,(H,22,23,24)/t15-,17-,18-,21?/m1/s1. The van der Waals surface area contributed by atoms with Crippen LogP contribution in [0.15, 0.2) is 36.9 Å². The Morgan fingerprint density at radius 1 is 1.06 bits per heavy atom. The third kappa shape index (κ3) is 4.07. The summed E-state index contributed by atoms with van der Waals surface area (Å²) in [6.07, 6.45) is -1.25. The second kappa shape index (κ2) is 9.15. The van der Waals surface area contributed by atoms with Crippen molar-refractivity contribution >= 4 is 22.7 Å². The first-order chi connectivity index (χ1) is 15.1. The van der Waals surface area contributed by atoms with E-state index in [2.05, 4.69) is 63.3 Å². The summed E-state index contributed by atoms with van der Waals surface area (Å²) < 4.78 is 7.14. The number of nitrogens with one attached hydrogen (secondary N) is 1. The maximum Gasteiger partial charge on any atom is 0.167 e.